The van der Waals surface area contributed by atoms with Gasteiger partial charge in [-0.1, -0.05) is 12.1 Å². The Balaban J connectivity index is 1.51. The fraction of sp³-hybridized carbons (Fsp3) is 0.333. The molecule has 2 aliphatic rings. The Morgan fingerprint density at radius 2 is 1.70 bits per heavy atom. The number of ether oxygens (including phenoxy) is 2. The fourth-order valence-electron chi connectivity index (χ4n) is 4.18. The van der Waals surface area contributed by atoms with E-state index in [1.54, 1.807) is 19.2 Å². The van der Waals surface area contributed by atoms with Gasteiger partial charge in [0, 0.05) is 44.1 Å². The first-order chi connectivity index (χ1) is 16.0. The minimum atomic E-state index is -0.720. The van der Waals surface area contributed by atoms with Gasteiger partial charge < -0.3 is 25.0 Å². The standard InChI is InChI=1S/C24H27FN4O4/c1-32-19-9-7-18(8-10-19)29-13-11-28(12-14-29)15-20-21(23(30)33-2)22(27-24(31)26-20)16-3-5-17(25)6-4-16/h3-10,22H,11-15H2,1-2H3,(H2,26,27,31). The van der Waals surface area contributed by atoms with Crippen LogP contribution in [0.15, 0.2) is 59.8 Å². The number of rotatable bonds is 6. The third-order valence-electron chi connectivity index (χ3n) is 5.95. The molecule has 2 aromatic carbocycles. The normalized spacial score (nSPS) is 19.1. The summed E-state index contributed by atoms with van der Waals surface area (Å²) in [5.41, 5.74) is 2.55. The minimum Gasteiger partial charge on any atom is -0.497 e. The van der Waals surface area contributed by atoms with Crippen molar-refractivity contribution in [1.82, 2.24) is 15.5 Å². The summed E-state index contributed by atoms with van der Waals surface area (Å²) in [6, 6.07) is 12.5. The molecule has 2 N–H and O–H groups in total. The zero-order valence-corrected chi connectivity index (χ0v) is 18.6. The maximum atomic E-state index is 13.4. The van der Waals surface area contributed by atoms with Gasteiger partial charge in [-0.25, -0.2) is 14.0 Å². The van der Waals surface area contributed by atoms with Crippen molar-refractivity contribution in [2.24, 2.45) is 0 Å². The van der Waals surface area contributed by atoms with Gasteiger partial charge in [0.15, 0.2) is 0 Å². The van der Waals surface area contributed by atoms with Crippen molar-refractivity contribution in [2.75, 3.05) is 51.8 Å². The molecule has 174 valence electrons. The smallest absolute Gasteiger partial charge is 0.338 e. The summed E-state index contributed by atoms with van der Waals surface area (Å²) < 4.78 is 23.6. The van der Waals surface area contributed by atoms with Crippen molar-refractivity contribution in [1.29, 1.82) is 0 Å². The summed E-state index contributed by atoms with van der Waals surface area (Å²) in [4.78, 5) is 29.5. The molecule has 2 aliphatic heterocycles. The molecule has 2 heterocycles. The number of urea groups is 1. The molecule has 1 fully saturated rings. The molecule has 8 nitrogen and oxygen atoms in total. The topological polar surface area (TPSA) is 83.1 Å². The van der Waals surface area contributed by atoms with Gasteiger partial charge in [-0.3, -0.25) is 4.90 Å². The highest BCUT2D eigenvalue weighted by Gasteiger charge is 2.34. The zero-order valence-electron chi connectivity index (χ0n) is 18.6. The Hall–Kier alpha value is -3.59. The summed E-state index contributed by atoms with van der Waals surface area (Å²) >= 11 is 0. The molecule has 4 rings (SSSR count). The lowest BCUT2D eigenvalue weighted by molar-refractivity contribution is -0.136. The van der Waals surface area contributed by atoms with Crippen LogP contribution < -0.4 is 20.3 Å². The van der Waals surface area contributed by atoms with Crippen LogP contribution in [-0.4, -0.2) is 63.8 Å². The highest BCUT2D eigenvalue weighted by atomic mass is 19.1. The second-order valence-corrected chi connectivity index (χ2v) is 7.93. The predicted molar refractivity (Wildman–Crippen MR) is 121 cm³/mol. The lowest BCUT2D eigenvalue weighted by atomic mass is 9.95. The molecule has 9 heteroatoms. The van der Waals surface area contributed by atoms with E-state index in [4.69, 9.17) is 9.47 Å². The highest BCUT2D eigenvalue weighted by molar-refractivity contribution is 5.95. The van der Waals surface area contributed by atoms with Crippen molar-refractivity contribution in [3.05, 3.63) is 71.2 Å². The molecule has 1 saturated heterocycles. The van der Waals surface area contributed by atoms with E-state index in [1.165, 1.54) is 19.2 Å². The number of piperazine rings is 1. The number of benzene rings is 2. The average molecular weight is 455 g/mol. The first-order valence-corrected chi connectivity index (χ1v) is 10.7. The number of esters is 1. The largest absolute Gasteiger partial charge is 0.497 e. The van der Waals surface area contributed by atoms with Gasteiger partial charge >= 0.3 is 12.0 Å². The number of hydrogen-bond donors (Lipinski definition) is 2. The lowest BCUT2D eigenvalue weighted by Gasteiger charge is -2.38. The number of halogens is 1. The van der Waals surface area contributed by atoms with Crippen LogP contribution >= 0.6 is 0 Å². The van der Waals surface area contributed by atoms with E-state index in [9.17, 15) is 14.0 Å². The van der Waals surface area contributed by atoms with Gasteiger partial charge in [-0.05, 0) is 42.0 Å². The van der Waals surface area contributed by atoms with Crippen LogP contribution in [0.2, 0.25) is 0 Å². The van der Waals surface area contributed by atoms with E-state index >= 15 is 0 Å². The molecule has 0 saturated carbocycles. The van der Waals surface area contributed by atoms with Gasteiger partial charge in [0.25, 0.3) is 0 Å². The van der Waals surface area contributed by atoms with Gasteiger partial charge in [0.05, 0.1) is 25.8 Å². The molecule has 0 radical (unpaired) electrons. The van der Waals surface area contributed by atoms with Crippen molar-refractivity contribution in [2.45, 2.75) is 6.04 Å². The maximum Gasteiger partial charge on any atom is 0.338 e. The molecule has 1 unspecified atom stereocenters. The van der Waals surface area contributed by atoms with Gasteiger partial charge in [0.1, 0.15) is 11.6 Å². The van der Waals surface area contributed by atoms with E-state index in [1.807, 2.05) is 24.3 Å². The second-order valence-electron chi connectivity index (χ2n) is 7.93. The monoisotopic (exact) mass is 454 g/mol. The van der Waals surface area contributed by atoms with E-state index < -0.39 is 23.9 Å². The van der Waals surface area contributed by atoms with E-state index in [0.717, 1.165) is 37.6 Å². The number of anilines is 1. The number of carbonyl (C=O) groups excluding carboxylic acids is 2. The Morgan fingerprint density at radius 3 is 2.30 bits per heavy atom. The fourth-order valence-corrected chi connectivity index (χ4v) is 4.18. The third kappa shape index (κ3) is 5.09. The number of hydrogen-bond acceptors (Lipinski definition) is 6. The molecule has 0 spiro atoms. The van der Waals surface area contributed by atoms with Crippen LogP contribution in [0.5, 0.6) is 5.75 Å². The molecule has 0 bridgehead atoms. The summed E-state index contributed by atoms with van der Waals surface area (Å²) in [6.45, 7) is 3.52. The Labute approximate surface area is 192 Å². The molecule has 0 aromatic heterocycles. The number of amides is 2. The Kier molecular flexibility index (Phi) is 6.79. The van der Waals surface area contributed by atoms with Crippen LogP contribution in [0, 0.1) is 5.82 Å². The van der Waals surface area contributed by atoms with Gasteiger partial charge in [-0.15, -0.1) is 0 Å². The maximum absolute atomic E-state index is 13.4. The van der Waals surface area contributed by atoms with Crippen molar-refractivity contribution in [3.8, 4) is 5.75 Å². The van der Waals surface area contributed by atoms with Crippen molar-refractivity contribution in [3.63, 3.8) is 0 Å². The van der Waals surface area contributed by atoms with E-state index in [2.05, 4.69) is 20.4 Å². The third-order valence-corrected chi connectivity index (χ3v) is 5.95. The summed E-state index contributed by atoms with van der Waals surface area (Å²) in [5, 5.41) is 5.54. The van der Waals surface area contributed by atoms with Crippen LogP contribution in [-0.2, 0) is 9.53 Å². The molecule has 33 heavy (non-hydrogen) atoms. The van der Waals surface area contributed by atoms with Gasteiger partial charge in [-0.2, -0.15) is 0 Å². The summed E-state index contributed by atoms with van der Waals surface area (Å²) in [5.74, 6) is -0.113. The van der Waals surface area contributed by atoms with Crippen molar-refractivity contribution >= 4 is 17.7 Å². The molecule has 2 amide bonds. The number of methoxy groups -OCH3 is 2. The van der Waals surface area contributed by atoms with E-state index in [-0.39, 0.29) is 0 Å². The Bertz CT molecular complexity index is 1030. The van der Waals surface area contributed by atoms with Crippen LogP contribution in [0.25, 0.3) is 0 Å². The molecular formula is C24H27FN4O4. The quantitative estimate of drug-likeness (QED) is 0.653. The molecule has 2 aromatic rings. The minimum absolute atomic E-state index is 0.321. The van der Waals surface area contributed by atoms with Crippen molar-refractivity contribution < 1.29 is 23.5 Å². The first-order valence-electron chi connectivity index (χ1n) is 10.7. The predicted octanol–water partition coefficient (Wildman–Crippen LogP) is 2.44. The Morgan fingerprint density at radius 1 is 1.03 bits per heavy atom. The van der Waals surface area contributed by atoms with Crippen LogP contribution in [0.3, 0.4) is 0 Å². The number of nitrogens with zero attached hydrogens (tertiary/aromatic N) is 2. The van der Waals surface area contributed by atoms with Gasteiger partial charge in [0.2, 0.25) is 0 Å². The average Bonchev–Trinajstić information content (AvgIpc) is 2.84. The molecule has 1 atom stereocenters. The number of carbonyl (C=O) groups is 2. The lowest BCUT2D eigenvalue weighted by Crippen LogP contribution is -2.51. The van der Waals surface area contributed by atoms with Crippen LogP contribution in [0.1, 0.15) is 11.6 Å². The van der Waals surface area contributed by atoms with E-state index in [0.29, 0.717) is 23.4 Å². The first kappa shape index (κ1) is 22.6. The summed E-state index contributed by atoms with van der Waals surface area (Å²) in [6.07, 6.45) is 0. The number of nitrogens with one attached hydrogen (secondary N) is 2. The zero-order chi connectivity index (χ0) is 23.4. The highest BCUT2D eigenvalue weighted by Crippen LogP contribution is 2.28. The molecule has 0 aliphatic carbocycles. The SMILES string of the molecule is COC(=O)C1=C(CN2CCN(c3ccc(OC)cc3)CC2)NC(=O)NC1c1ccc(F)cc1. The van der Waals surface area contributed by atoms with Crippen LogP contribution in [0.4, 0.5) is 14.9 Å². The molecular weight excluding hydrogens is 427 g/mol. The second kappa shape index (κ2) is 9.91. The summed E-state index contributed by atoms with van der Waals surface area (Å²) in [7, 11) is 2.95.